The van der Waals surface area contributed by atoms with E-state index < -0.39 is 0 Å². The summed E-state index contributed by atoms with van der Waals surface area (Å²) in [4.78, 5) is 13.7. The summed E-state index contributed by atoms with van der Waals surface area (Å²) in [7, 11) is 1.85. The van der Waals surface area contributed by atoms with Crippen LogP contribution in [0.2, 0.25) is 0 Å². The Bertz CT molecular complexity index is 425. The van der Waals surface area contributed by atoms with E-state index in [4.69, 9.17) is 5.73 Å². The van der Waals surface area contributed by atoms with Crippen molar-refractivity contribution in [3.8, 4) is 0 Å². The summed E-state index contributed by atoms with van der Waals surface area (Å²) in [6, 6.07) is 8.57. The molecule has 1 saturated carbocycles. The lowest BCUT2D eigenvalue weighted by Gasteiger charge is -2.17. The van der Waals surface area contributed by atoms with E-state index in [2.05, 4.69) is 38.1 Å². The number of amides is 1. The third kappa shape index (κ3) is 2.91. The van der Waals surface area contributed by atoms with Gasteiger partial charge in [0.15, 0.2) is 0 Å². The standard InChI is InChI=1S/C15H22N2O/c1-10(2)12-6-4-11(5-7-12)9-17(3)15(18)13-8-14(13)16/h4-7,10,13-14H,8-9,16H2,1-3H3. The third-order valence-electron chi connectivity index (χ3n) is 3.60. The summed E-state index contributed by atoms with van der Waals surface area (Å²) in [6.07, 6.45) is 0.843. The van der Waals surface area contributed by atoms with Gasteiger partial charge in [-0.2, -0.15) is 0 Å². The number of rotatable bonds is 4. The largest absolute Gasteiger partial charge is 0.341 e. The van der Waals surface area contributed by atoms with Gasteiger partial charge >= 0.3 is 0 Å². The molecule has 1 aromatic carbocycles. The predicted molar refractivity (Wildman–Crippen MR) is 73.1 cm³/mol. The van der Waals surface area contributed by atoms with Gasteiger partial charge in [0.05, 0.1) is 5.92 Å². The molecule has 1 fully saturated rings. The molecule has 1 aliphatic carbocycles. The molecule has 3 heteroatoms. The lowest BCUT2D eigenvalue weighted by atomic mass is 10.0. The summed E-state index contributed by atoms with van der Waals surface area (Å²) in [5.41, 5.74) is 8.21. The van der Waals surface area contributed by atoms with Crippen LogP contribution < -0.4 is 5.73 Å². The molecule has 0 radical (unpaired) electrons. The lowest BCUT2D eigenvalue weighted by molar-refractivity contribution is -0.131. The Balaban J connectivity index is 1.94. The first-order chi connectivity index (χ1) is 8.49. The van der Waals surface area contributed by atoms with Gasteiger partial charge < -0.3 is 10.6 Å². The summed E-state index contributed by atoms with van der Waals surface area (Å²) >= 11 is 0. The molecule has 98 valence electrons. The van der Waals surface area contributed by atoms with Gasteiger partial charge in [0.1, 0.15) is 0 Å². The van der Waals surface area contributed by atoms with E-state index in [0.717, 1.165) is 6.42 Å². The highest BCUT2D eigenvalue weighted by Gasteiger charge is 2.41. The molecule has 2 atom stereocenters. The number of carbonyl (C=O) groups is 1. The van der Waals surface area contributed by atoms with E-state index in [1.54, 1.807) is 4.90 Å². The van der Waals surface area contributed by atoms with Crippen LogP contribution in [0.4, 0.5) is 0 Å². The van der Waals surface area contributed by atoms with Crippen LogP contribution in [0.25, 0.3) is 0 Å². The maximum absolute atomic E-state index is 11.9. The molecule has 2 unspecified atom stereocenters. The zero-order chi connectivity index (χ0) is 13.3. The van der Waals surface area contributed by atoms with Crippen LogP contribution in [0.1, 0.15) is 37.3 Å². The average Bonchev–Trinajstić information content (AvgIpc) is 3.06. The molecule has 0 saturated heterocycles. The number of nitrogens with two attached hydrogens (primary N) is 1. The van der Waals surface area contributed by atoms with Crippen molar-refractivity contribution in [3.05, 3.63) is 35.4 Å². The SMILES string of the molecule is CC(C)c1ccc(CN(C)C(=O)C2CC2N)cc1. The van der Waals surface area contributed by atoms with E-state index >= 15 is 0 Å². The first kappa shape index (κ1) is 13.1. The maximum Gasteiger partial charge on any atom is 0.227 e. The molecule has 2 N–H and O–H groups in total. The zero-order valence-corrected chi connectivity index (χ0v) is 11.4. The van der Waals surface area contributed by atoms with Crippen LogP contribution >= 0.6 is 0 Å². The number of hydrogen-bond acceptors (Lipinski definition) is 2. The van der Waals surface area contributed by atoms with Crippen molar-refractivity contribution in [1.82, 2.24) is 4.90 Å². The Kier molecular flexibility index (Phi) is 3.71. The summed E-state index contributed by atoms with van der Waals surface area (Å²) < 4.78 is 0. The van der Waals surface area contributed by atoms with Crippen molar-refractivity contribution in [1.29, 1.82) is 0 Å². The Labute approximate surface area is 109 Å². The van der Waals surface area contributed by atoms with Crippen LogP contribution in [0.3, 0.4) is 0 Å². The topological polar surface area (TPSA) is 46.3 Å². The first-order valence-corrected chi connectivity index (χ1v) is 6.58. The molecule has 0 spiro atoms. The van der Waals surface area contributed by atoms with E-state index in [1.165, 1.54) is 11.1 Å². The van der Waals surface area contributed by atoms with E-state index in [0.29, 0.717) is 12.5 Å². The van der Waals surface area contributed by atoms with Crippen LogP contribution in [-0.2, 0) is 11.3 Å². The fourth-order valence-corrected chi connectivity index (χ4v) is 2.14. The van der Waals surface area contributed by atoms with Crippen LogP contribution in [0.5, 0.6) is 0 Å². The van der Waals surface area contributed by atoms with Gasteiger partial charge in [-0.3, -0.25) is 4.79 Å². The number of nitrogens with zero attached hydrogens (tertiary/aromatic N) is 1. The molecular weight excluding hydrogens is 224 g/mol. The fraction of sp³-hybridized carbons (Fsp3) is 0.533. The van der Waals surface area contributed by atoms with Gasteiger partial charge in [-0.1, -0.05) is 38.1 Å². The number of benzene rings is 1. The van der Waals surface area contributed by atoms with Gasteiger partial charge in [-0.25, -0.2) is 0 Å². The van der Waals surface area contributed by atoms with Crippen LogP contribution in [0.15, 0.2) is 24.3 Å². The van der Waals surface area contributed by atoms with Crippen molar-refractivity contribution in [2.45, 2.75) is 38.8 Å². The lowest BCUT2D eigenvalue weighted by Crippen LogP contribution is -2.29. The summed E-state index contributed by atoms with van der Waals surface area (Å²) in [5.74, 6) is 0.781. The van der Waals surface area contributed by atoms with Gasteiger partial charge in [-0.15, -0.1) is 0 Å². The minimum Gasteiger partial charge on any atom is -0.341 e. The molecule has 0 heterocycles. The summed E-state index contributed by atoms with van der Waals surface area (Å²) in [5, 5.41) is 0. The van der Waals surface area contributed by atoms with E-state index in [9.17, 15) is 4.79 Å². The average molecular weight is 246 g/mol. The molecule has 1 aromatic rings. The zero-order valence-electron chi connectivity index (χ0n) is 11.4. The normalized spacial score (nSPS) is 22.1. The molecule has 2 rings (SSSR count). The minimum absolute atomic E-state index is 0.0601. The molecule has 0 aromatic heterocycles. The molecule has 18 heavy (non-hydrogen) atoms. The third-order valence-corrected chi connectivity index (χ3v) is 3.60. The van der Waals surface area contributed by atoms with E-state index in [1.807, 2.05) is 7.05 Å². The highest BCUT2D eigenvalue weighted by molar-refractivity contribution is 5.82. The smallest absolute Gasteiger partial charge is 0.227 e. The van der Waals surface area contributed by atoms with Crippen molar-refractivity contribution in [3.63, 3.8) is 0 Å². The highest BCUT2D eigenvalue weighted by atomic mass is 16.2. The van der Waals surface area contributed by atoms with Gasteiger partial charge in [0, 0.05) is 19.6 Å². The van der Waals surface area contributed by atoms with Crippen molar-refractivity contribution < 1.29 is 4.79 Å². The molecule has 0 aliphatic heterocycles. The molecule has 1 aliphatic rings. The Hall–Kier alpha value is -1.35. The van der Waals surface area contributed by atoms with Crippen LogP contribution in [-0.4, -0.2) is 23.9 Å². The first-order valence-electron chi connectivity index (χ1n) is 6.58. The van der Waals surface area contributed by atoms with Crippen molar-refractivity contribution in [2.24, 2.45) is 11.7 Å². The monoisotopic (exact) mass is 246 g/mol. The predicted octanol–water partition coefficient (Wildman–Crippen LogP) is 2.12. The van der Waals surface area contributed by atoms with Gasteiger partial charge in [0.2, 0.25) is 5.91 Å². The number of carbonyl (C=O) groups excluding carboxylic acids is 1. The molecule has 3 nitrogen and oxygen atoms in total. The van der Waals surface area contributed by atoms with Crippen LogP contribution in [0, 0.1) is 5.92 Å². The minimum atomic E-state index is 0.0601. The molecule has 0 bridgehead atoms. The summed E-state index contributed by atoms with van der Waals surface area (Å²) in [6.45, 7) is 5.03. The van der Waals surface area contributed by atoms with Crippen molar-refractivity contribution in [2.75, 3.05) is 7.05 Å². The Morgan fingerprint density at radius 1 is 1.39 bits per heavy atom. The second-order valence-electron chi connectivity index (χ2n) is 5.60. The second kappa shape index (κ2) is 5.11. The maximum atomic E-state index is 11.9. The Morgan fingerprint density at radius 2 is 1.94 bits per heavy atom. The quantitative estimate of drug-likeness (QED) is 0.884. The Morgan fingerprint density at radius 3 is 2.39 bits per heavy atom. The fourth-order valence-electron chi connectivity index (χ4n) is 2.14. The molecular formula is C15H22N2O. The van der Waals surface area contributed by atoms with Gasteiger partial charge in [-0.05, 0) is 23.5 Å². The highest BCUT2D eigenvalue weighted by Crippen LogP contribution is 2.30. The van der Waals surface area contributed by atoms with Gasteiger partial charge in [0.25, 0.3) is 0 Å². The second-order valence-corrected chi connectivity index (χ2v) is 5.60. The number of hydrogen-bond donors (Lipinski definition) is 1. The molecule has 1 amide bonds. The van der Waals surface area contributed by atoms with Crippen molar-refractivity contribution >= 4 is 5.91 Å². The van der Waals surface area contributed by atoms with E-state index in [-0.39, 0.29) is 17.9 Å².